The van der Waals surface area contributed by atoms with E-state index in [4.69, 9.17) is 9.47 Å². The molecule has 0 fully saturated rings. The maximum atomic E-state index is 13.4. The minimum atomic E-state index is -4.78. The number of aromatic nitrogens is 2. The Hall–Kier alpha value is -3.74. The van der Waals surface area contributed by atoms with Gasteiger partial charge in [0.25, 0.3) is 0 Å². The summed E-state index contributed by atoms with van der Waals surface area (Å²) in [4.78, 5) is 24.7. The summed E-state index contributed by atoms with van der Waals surface area (Å²) in [5.74, 6) is -0.925. The smallest absolute Gasteiger partial charge is 0.416 e. The van der Waals surface area contributed by atoms with Gasteiger partial charge in [-0.2, -0.15) is 13.2 Å². The van der Waals surface area contributed by atoms with Crippen molar-refractivity contribution in [1.29, 1.82) is 0 Å². The molecule has 13 heteroatoms. The zero-order valence-corrected chi connectivity index (χ0v) is 17.2. The molecule has 0 aliphatic carbocycles. The second-order valence-electron chi connectivity index (χ2n) is 6.12. The number of nitrogens with zero attached hydrogens (tertiary/aromatic N) is 2. The van der Waals surface area contributed by atoms with E-state index < -0.39 is 35.1 Å². The van der Waals surface area contributed by atoms with Gasteiger partial charge < -0.3 is 14.8 Å². The summed E-state index contributed by atoms with van der Waals surface area (Å²) < 4.78 is 62.0. The van der Waals surface area contributed by atoms with Crippen molar-refractivity contribution in [3.8, 4) is 11.5 Å². The van der Waals surface area contributed by atoms with Gasteiger partial charge in [-0.05, 0) is 36.4 Å². The Balaban J connectivity index is 1.71. The highest BCUT2D eigenvalue weighted by molar-refractivity contribution is 7.17. The first-order valence-corrected chi connectivity index (χ1v) is 9.48. The van der Waals surface area contributed by atoms with Crippen molar-refractivity contribution in [2.24, 2.45) is 0 Å². The lowest BCUT2D eigenvalue weighted by Gasteiger charge is -2.10. The fraction of sp³-hybridized carbons (Fsp3) is 0.158. The predicted molar refractivity (Wildman–Crippen MR) is 107 cm³/mol. The normalized spacial score (nSPS) is 11.1. The molecule has 32 heavy (non-hydrogen) atoms. The molecular weight excluding hydrogens is 456 g/mol. The molecule has 0 aliphatic heterocycles. The molecule has 3 aromatic rings. The molecule has 1 aromatic heterocycles. The maximum Gasteiger partial charge on any atom is 0.416 e. The highest BCUT2D eigenvalue weighted by Gasteiger charge is 2.31. The fourth-order valence-corrected chi connectivity index (χ4v) is 3.25. The first kappa shape index (κ1) is 22.9. The SMILES string of the molecule is COc1ccc(C(=O)c2nnc(NC(=O)Nc3cc(F)cc(C(F)(F)F)c3)s2)cc1OC. The lowest BCUT2D eigenvalue weighted by molar-refractivity contribution is -0.137. The third-order valence-corrected chi connectivity index (χ3v) is 4.81. The number of amides is 2. The quantitative estimate of drug-likeness (QED) is 0.404. The van der Waals surface area contributed by atoms with Crippen LogP contribution in [0.3, 0.4) is 0 Å². The van der Waals surface area contributed by atoms with Crippen LogP contribution >= 0.6 is 11.3 Å². The number of hydrogen-bond donors (Lipinski definition) is 2. The molecule has 0 saturated heterocycles. The molecule has 8 nitrogen and oxygen atoms in total. The van der Waals surface area contributed by atoms with Crippen molar-refractivity contribution in [1.82, 2.24) is 10.2 Å². The fourth-order valence-electron chi connectivity index (χ4n) is 2.55. The van der Waals surface area contributed by atoms with Crippen LogP contribution in [0.4, 0.5) is 33.2 Å². The highest BCUT2D eigenvalue weighted by Crippen LogP contribution is 2.32. The third-order valence-electron chi connectivity index (χ3n) is 3.97. The molecule has 2 N–H and O–H groups in total. The number of ether oxygens (including phenoxy) is 2. The molecule has 3 rings (SSSR count). The Morgan fingerprint density at radius 2 is 1.69 bits per heavy atom. The summed E-state index contributed by atoms with van der Waals surface area (Å²) in [7, 11) is 2.86. The van der Waals surface area contributed by atoms with Gasteiger partial charge in [-0.1, -0.05) is 11.3 Å². The van der Waals surface area contributed by atoms with Crippen LogP contribution in [0.15, 0.2) is 36.4 Å². The van der Waals surface area contributed by atoms with Gasteiger partial charge in [0.1, 0.15) is 5.82 Å². The summed E-state index contributed by atoms with van der Waals surface area (Å²) in [6, 6.07) is 5.09. The van der Waals surface area contributed by atoms with Crippen LogP contribution in [-0.4, -0.2) is 36.2 Å². The zero-order valence-electron chi connectivity index (χ0n) is 16.4. The average molecular weight is 470 g/mol. The number of carbonyl (C=O) groups excluding carboxylic acids is 2. The highest BCUT2D eigenvalue weighted by atomic mass is 32.1. The lowest BCUT2D eigenvalue weighted by atomic mass is 10.1. The zero-order chi connectivity index (χ0) is 23.5. The van der Waals surface area contributed by atoms with Crippen LogP contribution < -0.4 is 20.1 Å². The van der Waals surface area contributed by atoms with Crippen molar-refractivity contribution < 1.29 is 36.6 Å². The van der Waals surface area contributed by atoms with Gasteiger partial charge in [0.05, 0.1) is 19.8 Å². The number of carbonyl (C=O) groups is 2. The van der Waals surface area contributed by atoms with Crippen LogP contribution in [0.2, 0.25) is 0 Å². The summed E-state index contributed by atoms with van der Waals surface area (Å²) in [6.07, 6.45) is -4.78. The second kappa shape index (κ2) is 9.18. The topological polar surface area (TPSA) is 102 Å². The Morgan fingerprint density at radius 3 is 2.34 bits per heavy atom. The molecule has 0 spiro atoms. The molecule has 0 bridgehead atoms. The molecule has 168 valence electrons. The second-order valence-corrected chi connectivity index (χ2v) is 7.09. The number of hydrogen-bond acceptors (Lipinski definition) is 7. The standard InChI is InChI=1S/C19H14F4N4O4S/c1-30-13-4-3-9(5-14(13)31-2)15(28)16-26-27-18(32-16)25-17(29)24-12-7-10(19(21,22)23)6-11(20)8-12/h3-8H,1-2H3,(H2,24,25,27,29). The average Bonchev–Trinajstić information content (AvgIpc) is 3.19. The largest absolute Gasteiger partial charge is 0.493 e. The van der Waals surface area contributed by atoms with E-state index in [0.29, 0.717) is 23.6 Å². The monoisotopic (exact) mass is 470 g/mol. The number of nitrogens with one attached hydrogen (secondary N) is 2. The Morgan fingerprint density at radius 1 is 0.969 bits per heavy atom. The molecule has 0 radical (unpaired) electrons. The first-order valence-electron chi connectivity index (χ1n) is 8.66. The summed E-state index contributed by atoms with van der Waals surface area (Å²) >= 11 is 0.739. The molecule has 0 aliphatic rings. The van der Waals surface area contributed by atoms with E-state index in [0.717, 1.165) is 17.4 Å². The van der Waals surface area contributed by atoms with Crippen molar-refractivity contribution >= 4 is 34.0 Å². The van der Waals surface area contributed by atoms with Crippen LogP contribution in [0.25, 0.3) is 0 Å². The van der Waals surface area contributed by atoms with Gasteiger partial charge in [-0.15, -0.1) is 10.2 Å². The van der Waals surface area contributed by atoms with E-state index in [1.165, 1.54) is 32.4 Å². The minimum Gasteiger partial charge on any atom is -0.493 e. The lowest BCUT2D eigenvalue weighted by Crippen LogP contribution is -2.20. The van der Waals surface area contributed by atoms with Gasteiger partial charge in [-0.3, -0.25) is 10.1 Å². The number of rotatable bonds is 6. The molecule has 0 saturated carbocycles. The number of alkyl halides is 3. The minimum absolute atomic E-state index is 0.0577. The van der Waals surface area contributed by atoms with E-state index >= 15 is 0 Å². The summed E-state index contributed by atoms with van der Waals surface area (Å²) in [5, 5.41) is 11.5. The van der Waals surface area contributed by atoms with Crippen molar-refractivity contribution in [3.05, 3.63) is 58.3 Å². The summed E-state index contributed by atoms with van der Waals surface area (Å²) in [5.41, 5.74) is -1.44. The molecule has 0 atom stereocenters. The Bertz CT molecular complexity index is 1170. The summed E-state index contributed by atoms with van der Waals surface area (Å²) in [6.45, 7) is 0. The van der Waals surface area contributed by atoms with Crippen molar-refractivity contribution in [3.63, 3.8) is 0 Å². The number of halogens is 4. The van der Waals surface area contributed by atoms with E-state index in [1.807, 2.05) is 0 Å². The van der Waals surface area contributed by atoms with Gasteiger partial charge in [0.15, 0.2) is 16.5 Å². The Labute approximate surface area is 182 Å². The van der Waals surface area contributed by atoms with Gasteiger partial charge in [0, 0.05) is 11.3 Å². The van der Waals surface area contributed by atoms with E-state index in [-0.39, 0.29) is 15.7 Å². The number of methoxy groups -OCH3 is 2. The van der Waals surface area contributed by atoms with Crippen LogP contribution in [-0.2, 0) is 6.18 Å². The molecule has 2 aromatic carbocycles. The number of benzene rings is 2. The van der Waals surface area contributed by atoms with E-state index in [1.54, 1.807) is 0 Å². The van der Waals surface area contributed by atoms with Crippen LogP contribution in [0.1, 0.15) is 20.9 Å². The Kier molecular flexibility index (Phi) is 6.58. The predicted octanol–water partition coefficient (Wildman–Crippen LogP) is 4.59. The van der Waals surface area contributed by atoms with Crippen molar-refractivity contribution in [2.75, 3.05) is 24.9 Å². The molecule has 1 heterocycles. The molecule has 2 amide bonds. The van der Waals surface area contributed by atoms with Gasteiger partial charge in [0.2, 0.25) is 10.9 Å². The molecular formula is C19H14F4N4O4S. The van der Waals surface area contributed by atoms with E-state index in [9.17, 15) is 27.2 Å². The van der Waals surface area contributed by atoms with Gasteiger partial charge >= 0.3 is 12.2 Å². The number of urea groups is 1. The van der Waals surface area contributed by atoms with E-state index in [2.05, 4.69) is 20.8 Å². The van der Waals surface area contributed by atoms with Gasteiger partial charge in [-0.25, -0.2) is 9.18 Å². The number of anilines is 2. The maximum absolute atomic E-state index is 13.4. The third kappa shape index (κ3) is 5.29. The molecule has 0 unspecified atom stereocenters. The van der Waals surface area contributed by atoms with Crippen LogP contribution in [0.5, 0.6) is 11.5 Å². The van der Waals surface area contributed by atoms with Crippen molar-refractivity contribution in [2.45, 2.75) is 6.18 Å². The van der Waals surface area contributed by atoms with Crippen LogP contribution in [0, 0.1) is 5.82 Å². The number of ketones is 1. The first-order chi connectivity index (χ1) is 15.1.